The molecule has 8 heteroatoms. The van der Waals surface area contributed by atoms with Crippen molar-refractivity contribution in [2.75, 3.05) is 51.8 Å². The fraction of sp³-hybridized carbons (Fsp3) is 0.391. The summed E-state index contributed by atoms with van der Waals surface area (Å²) < 4.78 is 18.5. The summed E-state index contributed by atoms with van der Waals surface area (Å²) in [6, 6.07) is 14.1. The van der Waals surface area contributed by atoms with Crippen molar-refractivity contribution in [3.63, 3.8) is 0 Å². The summed E-state index contributed by atoms with van der Waals surface area (Å²) in [5.74, 6) is -1.73. The average molecular weight is 430 g/mol. The van der Waals surface area contributed by atoms with Gasteiger partial charge in [-0.2, -0.15) is 0 Å². The van der Waals surface area contributed by atoms with E-state index in [0.717, 1.165) is 29.9 Å². The van der Waals surface area contributed by atoms with E-state index in [-0.39, 0.29) is 18.4 Å². The first-order chi connectivity index (χ1) is 14.9. The minimum atomic E-state index is -0.706. The zero-order chi connectivity index (χ0) is 22.2. The van der Waals surface area contributed by atoms with E-state index in [1.807, 2.05) is 19.0 Å². The lowest BCUT2D eigenvalue weighted by atomic mass is 10.0. The molecule has 1 heterocycles. The Morgan fingerprint density at radius 2 is 1.61 bits per heavy atom. The van der Waals surface area contributed by atoms with Crippen LogP contribution in [0.2, 0.25) is 0 Å². The van der Waals surface area contributed by atoms with E-state index in [1.54, 1.807) is 12.1 Å². The molecule has 2 amide bonds. The number of amides is 2. The van der Waals surface area contributed by atoms with E-state index in [1.165, 1.54) is 17.0 Å². The maximum Gasteiger partial charge on any atom is 0.309 e. The number of ether oxygens (including phenoxy) is 1. The number of halogens is 1. The Bertz CT molecular complexity index is 865. The van der Waals surface area contributed by atoms with E-state index in [9.17, 15) is 14.0 Å². The monoisotopic (exact) mass is 429 g/mol. The van der Waals surface area contributed by atoms with Crippen molar-refractivity contribution < 1.29 is 23.6 Å². The van der Waals surface area contributed by atoms with Gasteiger partial charge in [-0.25, -0.2) is 4.39 Å². The molecule has 1 fully saturated rings. The van der Waals surface area contributed by atoms with Crippen LogP contribution in [0, 0.1) is 5.82 Å². The lowest BCUT2D eigenvalue weighted by Crippen LogP contribution is -3.15. The van der Waals surface area contributed by atoms with E-state index in [4.69, 9.17) is 4.74 Å². The molecule has 1 aliphatic rings. The van der Waals surface area contributed by atoms with Crippen molar-refractivity contribution in [1.29, 1.82) is 0 Å². The van der Waals surface area contributed by atoms with Crippen molar-refractivity contribution in [2.45, 2.75) is 12.6 Å². The Balaban J connectivity index is 1.60. The maximum absolute atomic E-state index is 13.0. The molecule has 1 aliphatic heterocycles. The van der Waals surface area contributed by atoms with Crippen LogP contribution in [0.15, 0.2) is 48.5 Å². The summed E-state index contributed by atoms with van der Waals surface area (Å²) in [6.07, 6.45) is 0. The Kier molecular flexibility index (Phi) is 7.97. The summed E-state index contributed by atoms with van der Waals surface area (Å²) in [5.41, 5.74) is 2.93. The zero-order valence-corrected chi connectivity index (χ0v) is 18.0. The number of quaternary nitrogens is 1. The van der Waals surface area contributed by atoms with Gasteiger partial charge in [0, 0.05) is 31.9 Å². The van der Waals surface area contributed by atoms with Crippen LogP contribution in [-0.2, 0) is 20.9 Å². The van der Waals surface area contributed by atoms with E-state index in [2.05, 4.69) is 34.9 Å². The number of anilines is 1. The highest BCUT2D eigenvalue weighted by Crippen LogP contribution is 2.16. The highest BCUT2D eigenvalue weighted by Gasteiger charge is 2.27. The van der Waals surface area contributed by atoms with Crippen LogP contribution >= 0.6 is 0 Å². The maximum atomic E-state index is 13.0. The molecule has 1 atom stereocenters. The minimum Gasteiger partial charge on any atom is -0.378 e. The number of morpholine rings is 1. The topological polar surface area (TPSA) is 75.1 Å². The molecule has 0 saturated carbocycles. The van der Waals surface area contributed by atoms with Gasteiger partial charge in [0.2, 0.25) is 0 Å². The van der Waals surface area contributed by atoms with Crippen molar-refractivity contribution in [3.8, 4) is 0 Å². The van der Waals surface area contributed by atoms with Crippen LogP contribution in [0.3, 0.4) is 0 Å². The molecule has 0 unspecified atom stereocenters. The van der Waals surface area contributed by atoms with Gasteiger partial charge in [0.05, 0.1) is 19.8 Å². The molecule has 31 heavy (non-hydrogen) atoms. The highest BCUT2D eigenvalue weighted by molar-refractivity contribution is 6.35. The second-order valence-corrected chi connectivity index (χ2v) is 7.83. The second-order valence-electron chi connectivity index (χ2n) is 7.83. The molecule has 166 valence electrons. The van der Waals surface area contributed by atoms with Gasteiger partial charge in [0.25, 0.3) is 0 Å². The van der Waals surface area contributed by atoms with Crippen LogP contribution in [0.1, 0.15) is 17.2 Å². The Morgan fingerprint density at radius 3 is 2.23 bits per heavy atom. The summed E-state index contributed by atoms with van der Waals surface area (Å²) in [4.78, 5) is 27.9. The van der Waals surface area contributed by atoms with Crippen molar-refractivity contribution in [2.24, 2.45) is 0 Å². The molecule has 1 saturated heterocycles. The number of carbonyl (C=O) groups is 2. The normalized spacial score (nSPS) is 15.2. The first-order valence-electron chi connectivity index (χ1n) is 10.4. The van der Waals surface area contributed by atoms with Gasteiger partial charge >= 0.3 is 11.8 Å². The van der Waals surface area contributed by atoms with Gasteiger partial charge in [0.15, 0.2) is 0 Å². The Hall–Kier alpha value is -2.97. The Labute approximate surface area is 182 Å². The van der Waals surface area contributed by atoms with Gasteiger partial charge in [-0.15, -0.1) is 0 Å². The molecule has 0 spiro atoms. The van der Waals surface area contributed by atoms with E-state index >= 15 is 0 Å². The molecule has 2 aromatic carbocycles. The van der Waals surface area contributed by atoms with Gasteiger partial charge in [0.1, 0.15) is 24.9 Å². The zero-order valence-electron chi connectivity index (χ0n) is 18.0. The molecule has 7 nitrogen and oxygen atoms in total. The second kappa shape index (κ2) is 10.9. The van der Waals surface area contributed by atoms with E-state index < -0.39 is 11.8 Å². The lowest BCUT2D eigenvalue weighted by molar-refractivity contribution is -0.937. The van der Waals surface area contributed by atoms with Gasteiger partial charge in [-0.05, 0) is 29.8 Å². The standard InChI is InChI=1S/C23H29FN4O3/c1-27(2)20-9-5-18(6-10-20)21(28-11-13-31-14-12-28)16-26-23(30)22(29)25-15-17-3-7-19(24)8-4-17/h3-10,21H,11-16H2,1-2H3,(H,25,29)(H,26,30)/p+1/t21-/m0/s1. The summed E-state index contributed by atoms with van der Waals surface area (Å²) in [5, 5.41) is 5.35. The molecule has 0 radical (unpaired) electrons. The molecular formula is C23H30FN4O3+. The number of rotatable bonds is 7. The van der Waals surface area contributed by atoms with Gasteiger partial charge in [-0.3, -0.25) is 9.59 Å². The van der Waals surface area contributed by atoms with Crippen LogP contribution < -0.4 is 20.4 Å². The van der Waals surface area contributed by atoms with Crippen molar-refractivity contribution in [1.82, 2.24) is 10.6 Å². The molecule has 2 aromatic rings. The first kappa shape index (κ1) is 22.7. The van der Waals surface area contributed by atoms with Crippen LogP contribution in [0.4, 0.5) is 10.1 Å². The number of carbonyl (C=O) groups excluding carboxylic acids is 2. The third-order valence-corrected chi connectivity index (χ3v) is 5.48. The molecule has 3 rings (SSSR count). The Morgan fingerprint density at radius 1 is 1.00 bits per heavy atom. The fourth-order valence-corrected chi connectivity index (χ4v) is 3.62. The fourth-order valence-electron chi connectivity index (χ4n) is 3.62. The SMILES string of the molecule is CN(C)c1ccc([C@H](CNC(=O)C(=O)NCc2ccc(F)cc2)[NH+]2CCOCC2)cc1. The predicted octanol–water partition coefficient (Wildman–Crippen LogP) is 0.281. The van der Waals surface area contributed by atoms with Crippen LogP contribution in [-0.4, -0.2) is 58.8 Å². The van der Waals surface area contributed by atoms with Crippen LogP contribution in [0.5, 0.6) is 0 Å². The smallest absolute Gasteiger partial charge is 0.309 e. The van der Waals surface area contributed by atoms with Gasteiger partial charge < -0.3 is 25.2 Å². The average Bonchev–Trinajstić information content (AvgIpc) is 2.79. The quantitative estimate of drug-likeness (QED) is 0.553. The molecule has 3 N–H and O–H groups in total. The van der Waals surface area contributed by atoms with Crippen molar-refractivity contribution in [3.05, 3.63) is 65.5 Å². The predicted molar refractivity (Wildman–Crippen MR) is 116 cm³/mol. The first-order valence-corrected chi connectivity index (χ1v) is 10.4. The lowest BCUT2D eigenvalue weighted by Gasteiger charge is -2.32. The number of hydrogen-bond acceptors (Lipinski definition) is 4. The molecule has 0 aliphatic carbocycles. The molecule has 0 bridgehead atoms. The highest BCUT2D eigenvalue weighted by atomic mass is 19.1. The largest absolute Gasteiger partial charge is 0.378 e. The number of nitrogens with one attached hydrogen (secondary N) is 3. The minimum absolute atomic E-state index is 0.0222. The van der Waals surface area contributed by atoms with Gasteiger partial charge in [-0.1, -0.05) is 24.3 Å². The third-order valence-electron chi connectivity index (χ3n) is 5.48. The third kappa shape index (κ3) is 6.50. The molecular weight excluding hydrogens is 399 g/mol. The number of benzene rings is 2. The van der Waals surface area contributed by atoms with E-state index in [0.29, 0.717) is 19.8 Å². The van der Waals surface area contributed by atoms with Crippen LogP contribution in [0.25, 0.3) is 0 Å². The summed E-state index contributed by atoms with van der Waals surface area (Å²) in [6.45, 7) is 3.54. The van der Waals surface area contributed by atoms with Crippen molar-refractivity contribution >= 4 is 17.5 Å². The summed E-state index contributed by atoms with van der Waals surface area (Å²) >= 11 is 0. The summed E-state index contributed by atoms with van der Waals surface area (Å²) in [7, 11) is 3.98. The number of nitrogens with zero attached hydrogens (tertiary/aromatic N) is 1. The molecule has 0 aromatic heterocycles. The number of hydrogen-bond donors (Lipinski definition) is 3.